The Bertz CT molecular complexity index is 528. The number of rotatable bonds is 1. The van der Waals surface area contributed by atoms with Gasteiger partial charge in [0.25, 0.3) is 0 Å². The van der Waals surface area contributed by atoms with Crippen LogP contribution in [0.2, 0.25) is 0 Å². The Morgan fingerprint density at radius 3 is 2.59 bits per heavy atom. The predicted molar refractivity (Wildman–Crippen MR) is 64.7 cm³/mol. The van der Waals surface area contributed by atoms with E-state index in [-0.39, 0.29) is 11.0 Å². The molecule has 0 atom stereocenters. The lowest BCUT2D eigenvalue weighted by Gasteiger charge is -2.18. The van der Waals surface area contributed by atoms with Crippen molar-refractivity contribution in [3.63, 3.8) is 0 Å². The van der Waals surface area contributed by atoms with E-state index in [0.717, 1.165) is 31.5 Å². The number of fused-ring (bicyclic) bond motifs is 1. The van der Waals surface area contributed by atoms with Gasteiger partial charge in [0.1, 0.15) is 5.56 Å². The van der Waals surface area contributed by atoms with Crippen LogP contribution in [-0.2, 0) is 13.0 Å². The Balaban J connectivity index is 2.80. The summed E-state index contributed by atoms with van der Waals surface area (Å²) in [6, 6.07) is 0. The molecule has 1 N–H and O–H groups in total. The molecule has 92 valence electrons. The molecule has 0 aromatic carbocycles. The number of pyridine rings is 1. The van der Waals surface area contributed by atoms with Crippen molar-refractivity contribution in [2.45, 2.75) is 46.1 Å². The van der Waals surface area contributed by atoms with E-state index in [1.54, 1.807) is 6.92 Å². The van der Waals surface area contributed by atoms with E-state index in [1.807, 2.05) is 11.5 Å². The van der Waals surface area contributed by atoms with Gasteiger partial charge in [0.05, 0.1) is 0 Å². The van der Waals surface area contributed by atoms with Gasteiger partial charge < -0.3 is 9.67 Å². The van der Waals surface area contributed by atoms with E-state index in [1.165, 1.54) is 0 Å². The summed E-state index contributed by atoms with van der Waals surface area (Å²) < 4.78 is 2.02. The topological polar surface area (TPSA) is 59.3 Å². The smallest absolute Gasteiger partial charge is 0.341 e. The minimum Gasteiger partial charge on any atom is -0.477 e. The maximum Gasteiger partial charge on any atom is 0.341 e. The van der Waals surface area contributed by atoms with Gasteiger partial charge >= 0.3 is 5.97 Å². The Hall–Kier alpha value is -1.58. The van der Waals surface area contributed by atoms with Crippen LogP contribution in [-0.4, -0.2) is 15.6 Å². The molecule has 0 saturated heterocycles. The first-order chi connectivity index (χ1) is 8.04. The first-order valence-corrected chi connectivity index (χ1v) is 6.00. The van der Waals surface area contributed by atoms with Gasteiger partial charge in [-0.05, 0) is 33.1 Å². The second-order valence-electron chi connectivity index (χ2n) is 4.63. The zero-order valence-electron chi connectivity index (χ0n) is 10.2. The zero-order chi connectivity index (χ0) is 12.6. The monoisotopic (exact) mass is 235 g/mol. The van der Waals surface area contributed by atoms with Crippen molar-refractivity contribution in [3.8, 4) is 0 Å². The molecule has 4 heteroatoms. The quantitative estimate of drug-likeness (QED) is 0.808. The van der Waals surface area contributed by atoms with Gasteiger partial charge in [-0.1, -0.05) is 6.42 Å². The fourth-order valence-electron chi connectivity index (χ4n) is 2.55. The molecule has 1 aliphatic rings. The Kier molecular flexibility index (Phi) is 3.05. The van der Waals surface area contributed by atoms with Gasteiger partial charge in [-0.2, -0.15) is 0 Å². The molecule has 0 amide bonds. The van der Waals surface area contributed by atoms with Crippen LogP contribution >= 0.6 is 0 Å². The third-order valence-electron chi connectivity index (χ3n) is 3.64. The minimum absolute atomic E-state index is 0.0185. The summed E-state index contributed by atoms with van der Waals surface area (Å²) in [6.45, 7) is 4.43. The van der Waals surface area contributed by atoms with E-state index in [9.17, 15) is 14.7 Å². The lowest BCUT2D eigenvalue weighted by Crippen LogP contribution is -2.27. The highest BCUT2D eigenvalue weighted by atomic mass is 16.4. The van der Waals surface area contributed by atoms with Crippen molar-refractivity contribution in [2.24, 2.45) is 0 Å². The molecule has 1 aromatic rings. The van der Waals surface area contributed by atoms with Gasteiger partial charge in [0, 0.05) is 23.5 Å². The zero-order valence-corrected chi connectivity index (χ0v) is 10.2. The number of carboxylic acids is 1. The normalized spacial score (nSPS) is 15.2. The SMILES string of the molecule is Cc1c(C)n2c(c(C(=O)O)c1=O)CCCCC2. The van der Waals surface area contributed by atoms with Crippen LogP contribution in [0.5, 0.6) is 0 Å². The van der Waals surface area contributed by atoms with Crippen LogP contribution in [0.3, 0.4) is 0 Å². The Morgan fingerprint density at radius 1 is 1.24 bits per heavy atom. The van der Waals surface area contributed by atoms with Crippen LogP contribution in [0.4, 0.5) is 0 Å². The summed E-state index contributed by atoms with van der Waals surface area (Å²) >= 11 is 0. The average Bonchev–Trinajstić information content (AvgIpc) is 2.51. The molecule has 4 nitrogen and oxygen atoms in total. The number of hydrogen-bond acceptors (Lipinski definition) is 2. The van der Waals surface area contributed by atoms with Crippen molar-refractivity contribution < 1.29 is 9.90 Å². The van der Waals surface area contributed by atoms with Crippen LogP contribution in [0, 0.1) is 13.8 Å². The summed E-state index contributed by atoms with van der Waals surface area (Å²) in [5.74, 6) is -1.09. The first-order valence-electron chi connectivity index (χ1n) is 6.00. The fraction of sp³-hybridized carbons (Fsp3) is 0.538. The number of hydrogen-bond donors (Lipinski definition) is 1. The molecule has 0 spiro atoms. The first kappa shape index (κ1) is 11.9. The molecule has 0 unspecified atom stereocenters. The summed E-state index contributed by atoms with van der Waals surface area (Å²) in [4.78, 5) is 23.3. The second kappa shape index (κ2) is 4.35. The Labute approximate surface area is 99.9 Å². The number of nitrogens with zero attached hydrogens (tertiary/aromatic N) is 1. The van der Waals surface area contributed by atoms with E-state index in [0.29, 0.717) is 17.7 Å². The van der Waals surface area contributed by atoms with E-state index >= 15 is 0 Å². The van der Waals surface area contributed by atoms with E-state index < -0.39 is 5.97 Å². The largest absolute Gasteiger partial charge is 0.477 e. The number of aromatic carboxylic acids is 1. The summed E-state index contributed by atoms with van der Waals surface area (Å²) in [7, 11) is 0. The van der Waals surface area contributed by atoms with E-state index in [2.05, 4.69) is 0 Å². The van der Waals surface area contributed by atoms with Crippen molar-refractivity contribution in [1.82, 2.24) is 4.57 Å². The molecular weight excluding hydrogens is 218 g/mol. The second-order valence-corrected chi connectivity index (χ2v) is 4.63. The molecule has 17 heavy (non-hydrogen) atoms. The summed E-state index contributed by atoms with van der Waals surface area (Å²) in [5, 5.41) is 9.22. The van der Waals surface area contributed by atoms with Crippen molar-refractivity contribution >= 4 is 5.97 Å². The summed E-state index contributed by atoms with van der Waals surface area (Å²) in [5.41, 5.74) is 1.85. The molecule has 2 heterocycles. The molecule has 1 aromatic heterocycles. The van der Waals surface area contributed by atoms with Crippen molar-refractivity contribution in [1.29, 1.82) is 0 Å². The fourth-order valence-corrected chi connectivity index (χ4v) is 2.55. The molecule has 1 aliphatic heterocycles. The van der Waals surface area contributed by atoms with Crippen molar-refractivity contribution in [2.75, 3.05) is 0 Å². The van der Waals surface area contributed by atoms with E-state index in [4.69, 9.17) is 0 Å². The lowest BCUT2D eigenvalue weighted by atomic mass is 10.0. The van der Waals surface area contributed by atoms with Crippen LogP contribution in [0.25, 0.3) is 0 Å². The van der Waals surface area contributed by atoms with Crippen LogP contribution in [0.15, 0.2) is 4.79 Å². The average molecular weight is 235 g/mol. The Morgan fingerprint density at radius 2 is 1.94 bits per heavy atom. The number of aromatic nitrogens is 1. The molecule has 0 aliphatic carbocycles. The minimum atomic E-state index is -1.09. The highest BCUT2D eigenvalue weighted by molar-refractivity contribution is 5.89. The predicted octanol–water partition coefficient (Wildman–Crippen LogP) is 1.89. The van der Waals surface area contributed by atoms with Crippen molar-refractivity contribution in [3.05, 3.63) is 32.7 Å². The maximum atomic E-state index is 12.0. The molecule has 0 bridgehead atoms. The molecule has 0 fully saturated rings. The van der Waals surface area contributed by atoms with Gasteiger partial charge in [-0.3, -0.25) is 4.79 Å². The summed E-state index contributed by atoms with van der Waals surface area (Å²) in [6.07, 6.45) is 3.79. The lowest BCUT2D eigenvalue weighted by molar-refractivity contribution is 0.0693. The highest BCUT2D eigenvalue weighted by Gasteiger charge is 2.22. The highest BCUT2D eigenvalue weighted by Crippen LogP contribution is 2.20. The third-order valence-corrected chi connectivity index (χ3v) is 3.64. The molecular formula is C13H17NO3. The van der Waals surface area contributed by atoms with Crippen LogP contribution < -0.4 is 5.43 Å². The van der Waals surface area contributed by atoms with Gasteiger partial charge in [-0.25, -0.2) is 4.79 Å². The maximum absolute atomic E-state index is 12.0. The molecule has 0 radical (unpaired) electrons. The van der Waals surface area contributed by atoms with Gasteiger partial charge in [-0.15, -0.1) is 0 Å². The number of carbonyl (C=O) groups is 1. The van der Waals surface area contributed by atoms with Gasteiger partial charge in [0.2, 0.25) is 0 Å². The van der Waals surface area contributed by atoms with Crippen LogP contribution in [0.1, 0.15) is 46.6 Å². The van der Waals surface area contributed by atoms with Gasteiger partial charge in [0.15, 0.2) is 5.43 Å². The molecule has 0 saturated carbocycles. The third kappa shape index (κ3) is 1.88. The standard InChI is InChI=1S/C13H17NO3/c1-8-9(2)14-7-5-3-4-6-10(14)11(12(8)15)13(16)17/h3-7H2,1-2H3,(H,16,17). The number of carboxylic acid groups (broad SMARTS) is 1. The molecule has 2 rings (SSSR count).